The average molecular weight is 249 g/mol. The molecule has 0 radical (unpaired) electrons. The minimum absolute atomic E-state index is 0.646. The summed E-state index contributed by atoms with van der Waals surface area (Å²) in [4.78, 5) is 0. The summed E-state index contributed by atoms with van der Waals surface area (Å²) in [6, 6.07) is 11.5. The molecule has 2 rings (SSSR count). The molecule has 1 aliphatic heterocycles. The highest BCUT2D eigenvalue weighted by molar-refractivity contribution is 8.00. The molecule has 0 aromatic heterocycles. The van der Waals surface area contributed by atoms with Crippen LogP contribution in [0.2, 0.25) is 0 Å². The topological polar surface area (TPSA) is 12.0 Å². The third-order valence-corrected chi connectivity index (χ3v) is 4.95. The van der Waals surface area contributed by atoms with Crippen molar-refractivity contribution in [3.63, 3.8) is 0 Å². The van der Waals surface area contributed by atoms with Gasteiger partial charge in [-0.2, -0.15) is 11.8 Å². The van der Waals surface area contributed by atoms with Gasteiger partial charge in [0.25, 0.3) is 0 Å². The molecular formula is C15H23NS. The van der Waals surface area contributed by atoms with Crippen molar-refractivity contribution in [2.24, 2.45) is 0 Å². The van der Waals surface area contributed by atoms with Crippen molar-refractivity contribution in [1.82, 2.24) is 5.32 Å². The molecule has 17 heavy (non-hydrogen) atoms. The smallest absolute Gasteiger partial charge is 0.0226 e. The molecule has 1 aromatic carbocycles. The Morgan fingerprint density at radius 2 is 2.12 bits per heavy atom. The second-order valence-corrected chi connectivity index (χ2v) is 6.11. The summed E-state index contributed by atoms with van der Waals surface area (Å²) in [5.74, 6) is 1.35. The zero-order valence-electron chi connectivity index (χ0n) is 10.7. The fraction of sp³-hybridized carbons (Fsp3) is 0.600. The van der Waals surface area contributed by atoms with Crippen molar-refractivity contribution >= 4 is 11.8 Å². The van der Waals surface area contributed by atoms with Gasteiger partial charge in [-0.1, -0.05) is 43.7 Å². The van der Waals surface area contributed by atoms with Crippen molar-refractivity contribution in [2.45, 2.75) is 43.9 Å². The molecule has 0 spiro atoms. The first-order chi connectivity index (χ1) is 8.40. The van der Waals surface area contributed by atoms with Crippen LogP contribution in [0.1, 0.15) is 31.7 Å². The Morgan fingerprint density at radius 1 is 1.29 bits per heavy atom. The van der Waals surface area contributed by atoms with Gasteiger partial charge in [0.1, 0.15) is 0 Å². The lowest BCUT2D eigenvalue weighted by Crippen LogP contribution is -2.41. The number of thioether (sulfide) groups is 1. The van der Waals surface area contributed by atoms with Crippen molar-refractivity contribution < 1.29 is 0 Å². The second-order valence-electron chi connectivity index (χ2n) is 4.76. The van der Waals surface area contributed by atoms with Crippen LogP contribution >= 0.6 is 11.8 Å². The van der Waals surface area contributed by atoms with Crippen LogP contribution in [0.4, 0.5) is 0 Å². The Morgan fingerprint density at radius 3 is 2.76 bits per heavy atom. The maximum absolute atomic E-state index is 3.68. The molecule has 1 aliphatic rings. The number of hydrogen-bond acceptors (Lipinski definition) is 2. The van der Waals surface area contributed by atoms with Crippen molar-refractivity contribution in [3.05, 3.63) is 35.9 Å². The summed E-state index contributed by atoms with van der Waals surface area (Å²) in [6.07, 6.45) is 5.38. The summed E-state index contributed by atoms with van der Waals surface area (Å²) < 4.78 is 0. The van der Waals surface area contributed by atoms with Gasteiger partial charge in [-0.3, -0.25) is 0 Å². The third kappa shape index (κ3) is 4.04. The van der Waals surface area contributed by atoms with E-state index in [0.29, 0.717) is 6.04 Å². The van der Waals surface area contributed by atoms with Gasteiger partial charge in [0, 0.05) is 11.3 Å². The number of likely N-dealkylation sites (N-methyl/N-ethyl adjacent to an activating group) is 1. The standard InChI is InChI=1S/C15H23NS/c1-2-16-14(15-10-6-7-11-17-15)12-13-8-4-3-5-9-13/h3-5,8-9,14-16H,2,6-7,10-12H2,1H3. The van der Waals surface area contributed by atoms with Crippen LogP contribution in [0.3, 0.4) is 0 Å². The molecule has 0 saturated carbocycles. The largest absolute Gasteiger partial charge is 0.313 e. The first-order valence-electron chi connectivity index (χ1n) is 6.79. The monoisotopic (exact) mass is 249 g/mol. The van der Waals surface area contributed by atoms with Gasteiger partial charge in [-0.25, -0.2) is 0 Å². The highest BCUT2D eigenvalue weighted by Gasteiger charge is 2.23. The zero-order chi connectivity index (χ0) is 11.9. The van der Waals surface area contributed by atoms with Gasteiger partial charge in [0.05, 0.1) is 0 Å². The van der Waals surface area contributed by atoms with Crippen molar-refractivity contribution in [2.75, 3.05) is 12.3 Å². The Hall–Kier alpha value is -0.470. The molecule has 1 nitrogen and oxygen atoms in total. The lowest BCUT2D eigenvalue weighted by atomic mass is 9.99. The summed E-state index contributed by atoms with van der Waals surface area (Å²) in [5, 5.41) is 4.49. The van der Waals surface area contributed by atoms with Crippen LogP contribution in [-0.4, -0.2) is 23.6 Å². The molecule has 1 saturated heterocycles. The Bertz CT molecular complexity index is 306. The lowest BCUT2D eigenvalue weighted by molar-refractivity contribution is 0.472. The van der Waals surface area contributed by atoms with Crippen molar-refractivity contribution in [3.8, 4) is 0 Å². The molecule has 0 bridgehead atoms. The summed E-state index contributed by atoms with van der Waals surface area (Å²) in [5.41, 5.74) is 1.46. The summed E-state index contributed by atoms with van der Waals surface area (Å²) in [6.45, 7) is 3.29. The third-order valence-electron chi connectivity index (χ3n) is 3.43. The highest BCUT2D eigenvalue weighted by atomic mass is 32.2. The zero-order valence-corrected chi connectivity index (χ0v) is 11.5. The van der Waals surface area contributed by atoms with Gasteiger partial charge in [-0.05, 0) is 37.1 Å². The average Bonchev–Trinajstić information content (AvgIpc) is 2.40. The maximum atomic E-state index is 3.68. The number of rotatable bonds is 5. The number of benzene rings is 1. The fourth-order valence-corrected chi connectivity index (χ4v) is 3.98. The van der Waals surface area contributed by atoms with Gasteiger partial charge in [0.15, 0.2) is 0 Å². The molecule has 1 heterocycles. The van der Waals surface area contributed by atoms with Crippen molar-refractivity contribution in [1.29, 1.82) is 0 Å². The Balaban J connectivity index is 1.96. The van der Waals surface area contributed by atoms with Gasteiger partial charge >= 0.3 is 0 Å². The van der Waals surface area contributed by atoms with E-state index in [-0.39, 0.29) is 0 Å². The number of nitrogens with one attached hydrogen (secondary N) is 1. The van der Waals surface area contributed by atoms with Crippen LogP contribution in [0, 0.1) is 0 Å². The van der Waals surface area contributed by atoms with E-state index >= 15 is 0 Å². The molecule has 2 unspecified atom stereocenters. The minimum Gasteiger partial charge on any atom is -0.313 e. The maximum Gasteiger partial charge on any atom is 0.0226 e. The lowest BCUT2D eigenvalue weighted by Gasteiger charge is -2.30. The summed E-state index contributed by atoms with van der Waals surface area (Å²) >= 11 is 2.17. The van der Waals surface area contributed by atoms with Crippen LogP contribution < -0.4 is 5.32 Å². The van der Waals surface area contributed by atoms with E-state index in [1.165, 1.54) is 37.0 Å². The quantitative estimate of drug-likeness (QED) is 0.857. The van der Waals surface area contributed by atoms with Gasteiger partial charge < -0.3 is 5.32 Å². The fourth-order valence-electron chi connectivity index (χ4n) is 2.55. The molecule has 1 N–H and O–H groups in total. The van der Waals surface area contributed by atoms with E-state index < -0.39 is 0 Å². The van der Waals surface area contributed by atoms with E-state index in [2.05, 4.69) is 54.3 Å². The molecule has 0 aliphatic carbocycles. The number of hydrogen-bond donors (Lipinski definition) is 1. The normalized spacial score (nSPS) is 22.3. The molecule has 2 atom stereocenters. The molecule has 0 amide bonds. The van der Waals surface area contributed by atoms with Gasteiger partial charge in [0.2, 0.25) is 0 Å². The SMILES string of the molecule is CCNC(Cc1ccccc1)C1CCCCS1. The first kappa shape index (κ1) is 13.0. The van der Waals surface area contributed by atoms with E-state index in [1.807, 2.05) is 0 Å². The molecule has 94 valence electrons. The van der Waals surface area contributed by atoms with E-state index in [1.54, 1.807) is 0 Å². The van der Waals surface area contributed by atoms with Crippen LogP contribution in [-0.2, 0) is 6.42 Å². The molecular weight excluding hydrogens is 226 g/mol. The van der Waals surface area contributed by atoms with Crippen LogP contribution in [0.25, 0.3) is 0 Å². The van der Waals surface area contributed by atoms with Crippen LogP contribution in [0.15, 0.2) is 30.3 Å². The second kappa shape index (κ2) is 7.07. The predicted octanol–water partition coefficient (Wildman–Crippen LogP) is 3.49. The molecule has 1 aromatic rings. The Kier molecular flexibility index (Phi) is 5.40. The Labute approximate surface area is 109 Å². The van der Waals surface area contributed by atoms with E-state index in [4.69, 9.17) is 0 Å². The predicted molar refractivity (Wildman–Crippen MR) is 77.7 cm³/mol. The van der Waals surface area contributed by atoms with E-state index in [0.717, 1.165) is 11.8 Å². The van der Waals surface area contributed by atoms with E-state index in [9.17, 15) is 0 Å². The van der Waals surface area contributed by atoms with Gasteiger partial charge in [-0.15, -0.1) is 0 Å². The summed E-state index contributed by atoms with van der Waals surface area (Å²) in [7, 11) is 0. The first-order valence-corrected chi connectivity index (χ1v) is 7.84. The van der Waals surface area contributed by atoms with Crippen LogP contribution in [0.5, 0.6) is 0 Å². The highest BCUT2D eigenvalue weighted by Crippen LogP contribution is 2.28. The molecule has 1 fully saturated rings. The minimum atomic E-state index is 0.646. The molecule has 2 heteroatoms.